The Morgan fingerprint density at radius 2 is 2.22 bits per heavy atom. The van der Waals surface area contributed by atoms with Crippen molar-refractivity contribution in [3.05, 3.63) is 55.6 Å². The van der Waals surface area contributed by atoms with Gasteiger partial charge in [-0.25, -0.2) is 5.43 Å². The molecule has 2 aromatic rings. The minimum atomic E-state index is -0.254. The lowest BCUT2D eigenvalue weighted by Gasteiger charge is -1.99. The minimum Gasteiger partial charge on any atom is -0.267 e. The van der Waals surface area contributed by atoms with E-state index in [9.17, 15) is 4.79 Å². The lowest BCUT2D eigenvalue weighted by atomic mass is 10.2. The quantitative estimate of drug-likeness (QED) is 0.666. The first-order chi connectivity index (χ1) is 8.65. The predicted molar refractivity (Wildman–Crippen MR) is 78.5 cm³/mol. The van der Waals surface area contributed by atoms with Crippen LogP contribution in [0.2, 0.25) is 4.34 Å². The molecule has 0 fully saturated rings. The number of hydrazone groups is 1. The lowest BCUT2D eigenvalue weighted by Crippen LogP contribution is -2.17. The van der Waals surface area contributed by atoms with Crippen LogP contribution >= 0.6 is 38.9 Å². The number of rotatable bonds is 3. The maximum absolute atomic E-state index is 11.7. The number of nitrogens with one attached hydrogen (secondary N) is 1. The second-order valence-corrected chi connectivity index (χ2v) is 6.01. The number of thiophene rings is 1. The fourth-order valence-corrected chi connectivity index (χ4v) is 2.58. The molecule has 1 aromatic carbocycles. The zero-order valence-corrected chi connectivity index (χ0v) is 12.2. The number of amides is 1. The molecular weight excluding hydrogens is 336 g/mol. The van der Waals surface area contributed by atoms with E-state index in [1.54, 1.807) is 30.5 Å². The summed E-state index contributed by atoms with van der Waals surface area (Å²) in [5.41, 5.74) is 3.00. The average Bonchev–Trinajstić information content (AvgIpc) is 2.75. The first kappa shape index (κ1) is 13.3. The molecule has 0 unspecified atom stereocenters. The van der Waals surface area contributed by atoms with Gasteiger partial charge in [0.15, 0.2) is 0 Å². The maximum Gasteiger partial charge on any atom is 0.271 e. The summed E-state index contributed by atoms with van der Waals surface area (Å²) in [6.45, 7) is 0. The molecule has 0 radical (unpaired) electrons. The molecule has 3 nitrogen and oxygen atoms in total. The number of hydrogen-bond donors (Lipinski definition) is 1. The Balaban J connectivity index is 1.98. The molecule has 1 heterocycles. The molecule has 18 heavy (non-hydrogen) atoms. The van der Waals surface area contributed by atoms with Crippen molar-refractivity contribution in [3.8, 4) is 0 Å². The van der Waals surface area contributed by atoms with Gasteiger partial charge in [-0.2, -0.15) is 5.10 Å². The van der Waals surface area contributed by atoms with Gasteiger partial charge in [0.05, 0.1) is 10.6 Å². The Bertz CT molecular complexity index is 597. The minimum absolute atomic E-state index is 0.254. The molecule has 1 aromatic heterocycles. The summed E-state index contributed by atoms with van der Waals surface area (Å²) in [6, 6.07) is 10.7. The van der Waals surface area contributed by atoms with Gasteiger partial charge >= 0.3 is 0 Å². The summed E-state index contributed by atoms with van der Waals surface area (Å²) in [4.78, 5) is 12.6. The van der Waals surface area contributed by atoms with E-state index in [4.69, 9.17) is 11.6 Å². The fraction of sp³-hybridized carbons (Fsp3) is 0. The van der Waals surface area contributed by atoms with Crippen LogP contribution in [-0.4, -0.2) is 12.1 Å². The summed E-state index contributed by atoms with van der Waals surface area (Å²) >= 11 is 10.5. The summed E-state index contributed by atoms with van der Waals surface area (Å²) < 4.78 is 1.54. The van der Waals surface area contributed by atoms with E-state index in [0.29, 0.717) is 9.90 Å². The molecule has 0 aliphatic carbocycles. The van der Waals surface area contributed by atoms with Crippen LogP contribution in [0.5, 0.6) is 0 Å². The van der Waals surface area contributed by atoms with Gasteiger partial charge in [0.25, 0.3) is 5.91 Å². The summed E-state index contributed by atoms with van der Waals surface area (Å²) in [5, 5.41) is 3.87. The first-order valence-corrected chi connectivity index (χ1v) is 6.98. The van der Waals surface area contributed by atoms with E-state index in [1.807, 2.05) is 12.1 Å². The highest BCUT2D eigenvalue weighted by Gasteiger charge is 2.03. The van der Waals surface area contributed by atoms with Crippen molar-refractivity contribution in [2.24, 2.45) is 5.10 Å². The Hall–Kier alpha value is -1.17. The van der Waals surface area contributed by atoms with E-state index in [0.717, 1.165) is 9.35 Å². The van der Waals surface area contributed by atoms with Crippen molar-refractivity contribution in [2.45, 2.75) is 0 Å². The van der Waals surface area contributed by atoms with Gasteiger partial charge in [0.1, 0.15) is 0 Å². The third kappa shape index (κ3) is 3.66. The molecule has 92 valence electrons. The Labute approximate surface area is 122 Å². The van der Waals surface area contributed by atoms with E-state index in [1.165, 1.54) is 11.3 Å². The third-order valence-corrected chi connectivity index (χ3v) is 3.70. The van der Waals surface area contributed by atoms with E-state index >= 15 is 0 Å². The highest BCUT2D eigenvalue weighted by Crippen LogP contribution is 2.19. The van der Waals surface area contributed by atoms with Crippen LogP contribution in [0.3, 0.4) is 0 Å². The number of hydrogen-bond acceptors (Lipinski definition) is 3. The van der Waals surface area contributed by atoms with Gasteiger partial charge in [-0.05, 0) is 30.3 Å². The van der Waals surface area contributed by atoms with Gasteiger partial charge in [-0.1, -0.05) is 33.6 Å². The second kappa shape index (κ2) is 6.13. The standard InChI is InChI=1S/C12H8BrClN2OS/c13-9-3-1-2-8(6-9)12(17)16-15-7-10-4-5-11(14)18-10/h1-7H,(H,16,17)/b15-7+. The van der Waals surface area contributed by atoms with Crippen molar-refractivity contribution < 1.29 is 4.79 Å². The van der Waals surface area contributed by atoms with Crippen molar-refractivity contribution in [2.75, 3.05) is 0 Å². The van der Waals surface area contributed by atoms with Crippen LogP contribution in [0.15, 0.2) is 46.0 Å². The van der Waals surface area contributed by atoms with Crippen LogP contribution in [-0.2, 0) is 0 Å². The van der Waals surface area contributed by atoms with Gasteiger partial charge < -0.3 is 0 Å². The number of nitrogens with zero attached hydrogens (tertiary/aromatic N) is 1. The SMILES string of the molecule is O=C(N/N=C/c1ccc(Cl)s1)c1cccc(Br)c1. The molecular formula is C12H8BrClN2OS. The molecule has 0 saturated carbocycles. The van der Waals surface area contributed by atoms with Crippen LogP contribution in [0, 0.1) is 0 Å². The summed E-state index contributed by atoms with van der Waals surface area (Å²) in [7, 11) is 0. The molecule has 1 amide bonds. The van der Waals surface area contributed by atoms with Crippen LogP contribution in [0.4, 0.5) is 0 Å². The predicted octanol–water partition coefficient (Wildman–Crippen LogP) is 3.93. The largest absolute Gasteiger partial charge is 0.271 e. The summed E-state index contributed by atoms with van der Waals surface area (Å²) in [5.74, 6) is -0.254. The van der Waals surface area contributed by atoms with Crippen LogP contribution in [0.1, 0.15) is 15.2 Å². The van der Waals surface area contributed by atoms with E-state index in [2.05, 4.69) is 26.5 Å². The number of benzene rings is 1. The zero-order valence-electron chi connectivity index (χ0n) is 9.06. The lowest BCUT2D eigenvalue weighted by molar-refractivity contribution is 0.0955. The van der Waals surface area contributed by atoms with E-state index < -0.39 is 0 Å². The number of halogens is 2. The maximum atomic E-state index is 11.7. The van der Waals surface area contributed by atoms with Crippen molar-refractivity contribution >= 4 is 51.0 Å². The first-order valence-electron chi connectivity index (χ1n) is 4.99. The Kier molecular flexibility index (Phi) is 4.52. The van der Waals surface area contributed by atoms with Crippen molar-refractivity contribution in [1.82, 2.24) is 5.43 Å². The molecule has 0 bridgehead atoms. The normalized spacial score (nSPS) is 10.8. The van der Waals surface area contributed by atoms with Crippen LogP contribution < -0.4 is 5.43 Å². The van der Waals surface area contributed by atoms with E-state index in [-0.39, 0.29) is 5.91 Å². The molecule has 0 atom stereocenters. The van der Waals surface area contributed by atoms with Gasteiger partial charge in [-0.15, -0.1) is 11.3 Å². The molecule has 0 saturated heterocycles. The smallest absolute Gasteiger partial charge is 0.267 e. The van der Waals surface area contributed by atoms with Gasteiger partial charge in [0, 0.05) is 14.9 Å². The average molecular weight is 344 g/mol. The van der Waals surface area contributed by atoms with Gasteiger partial charge in [-0.3, -0.25) is 4.79 Å². The topological polar surface area (TPSA) is 41.5 Å². The Morgan fingerprint density at radius 3 is 2.89 bits per heavy atom. The fourth-order valence-electron chi connectivity index (χ4n) is 1.25. The summed E-state index contributed by atoms with van der Waals surface area (Å²) in [6.07, 6.45) is 1.56. The third-order valence-electron chi connectivity index (χ3n) is 2.04. The molecule has 0 aliphatic heterocycles. The van der Waals surface area contributed by atoms with Crippen molar-refractivity contribution in [1.29, 1.82) is 0 Å². The monoisotopic (exact) mass is 342 g/mol. The number of carbonyl (C=O) groups excluding carboxylic acids is 1. The molecule has 1 N–H and O–H groups in total. The molecule has 0 aliphatic rings. The second-order valence-electron chi connectivity index (χ2n) is 3.35. The van der Waals surface area contributed by atoms with Crippen LogP contribution in [0.25, 0.3) is 0 Å². The Morgan fingerprint density at radius 1 is 1.39 bits per heavy atom. The van der Waals surface area contributed by atoms with Crippen molar-refractivity contribution in [3.63, 3.8) is 0 Å². The highest BCUT2D eigenvalue weighted by atomic mass is 79.9. The highest BCUT2D eigenvalue weighted by molar-refractivity contribution is 9.10. The molecule has 0 spiro atoms. The van der Waals surface area contributed by atoms with Gasteiger partial charge in [0.2, 0.25) is 0 Å². The zero-order chi connectivity index (χ0) is 13.0. The number of carbonyl (C=O) groups is 1. The molecule has 2 rings (SSSR count). The molecule has 6 heteroatoms.